The lowest BCUT2D eigenvalue weighted by atomic mass is 10.1. The van der Waals surface area contributed by atoms with Gasteiger partial charge in [-0.25, -0.2) is 18.7 Å². The Morgan fingerprint density at radius 1 is 1.17 bits per heavy atom. The van der Waals surface area contributed by atoms with E-state index in [2.05, 4.69) is 4.98 Å². The lowest BCUT2D eigenvalue weighted by Crippen LogP contribution is -2.14. The van der Waals surface area contributed by atoms with Crippen LogP contribution in [-0.2, 0) is 0 Å². The molecular weight excluding hydrogens is 299 g/mol. The second-order valence-corrected chi connectivity index (χ2v) is 4.70. The molecular formula is C17H13FN2O3. The van der Waals surface area contributed by atoms with Crippen molar-refractivity contribution < 1.29 is 18.7 Å². The third-order valence-corrected chi connectivity index (χ3v) is 3.19. The number of nitrogens with zero attached hydrogens (tertiary/aromatic N) is 2. The zero-order valence-corrected chi connectivity index (χ0v) is 12.3. The Hall–Kier alpha value is -3.15. The summed E-state index contributed by atoms with van der Waals surface area (Å²) in [6, 6.07) is 13.2. The van der Waals surface area contributed by atoms with Gasteiger partial charge in [-0.3, -0.25) is 0 Å². The number of rotatable bonds is 3. The van der Waals surface area contributed by atoms with E-state index in [0.29, 0.717) is 17.0 Å². The Morgan fingerprint density at radius 3 is 2.65 bits per heavy atom. The predicted molar refractivity (Wildman–Crippen MR) is 82.0 cm³/mol. The molecule has 5 nitrogen and oxygen atoms in total. The maximum absolute atomic E-state index is 13.7. The van der Waals surface area contributed by atoms with E-state index in [-0.39, 0.29) is 5.75 Å². The molecule has 0 radical (unpaired) electrons. The minimum atomic E-state index is -0.594. The minimum Gasteiger partial charge on any atom is -0.494 e. The van der Waals surface area contributed by atoms with Crippen molar-refractivity contribution in [1.29, 1.82) is 0 Å². The maximum atomic E-state index is 13.7. The molecule has 0 fully saturated rings. The number of halogens is 1. The van der Waals surface area contributed by atoms with Gasteiger partial charge in [-0.2, -0.15) is 0 Å². The number of imidazole rings is 1. The number of carbonyl (C=O) groups excluding carboxylic acids is 1. The average Bonchev–Trinajstić information content (AvgIpc) is 3.06. The maximum Gasteiger partial charge on any atom is 0.424 e. The average molecular weight is 312 g/mol. The summed E-state index contributed by atoms with van der Waals surface area (Å²) in [5.41, 5.74) is 0.992. The molecule has 3 rings (SSSR count). The van der Waals surface area contributed by atoms with E-state index in [4.69, 9.17) is 9.47 Å². The van der Waals surface area contributed by atoms with Crippen molar-refractivity contribution in [3.63, 3.8) is 0 Å². The second-order valence-electron chi connectivity index (χ2n) is 4.70. The summed E-state index contributed by atoms with van der Waals surface area (Å²) in [5.74, 6) is 0.0892. The number of para-hydroxylation sites is 1. The van der Waals surface area contributed by atoms with E-state index >= 15 is 0 Å². The fraction of sp³-hybridized carbons (Fsp3) is 0.0588. The van der Waals surface area contributed by atoms with Crippen LogP contribution in [0.15, 0.2) is 61.1 Å². The molecule has 0 aliphatic rings. The molecule has 0 unspecified atom stereocenters. The molecule has 2 aromatic carbocycles. The van der Waals surface area contributed by atoms with Crippen LogP contribution < -0.4 is 9.47 Å². The number of methoxy groups -OCH3 is 1. The fourth-order valence-electron chi connectivity index (χ4n) is 2.04. The summed E-state index contributed by atoms with van der Waals surface area (Å²) in [4.78, 5) is 16.1. The van der Waals surface area contributed by atoms with Gasteiger partial charge in [-0.15, -0.1) is 0 Å². The van der Waals surface area contributed by atoms with Gasteiger partial charge in [0.2, 0.25) is 0 Å². The van der Waals surface area contributed by atoms with Crippen molar-refractivity contribution in [2.45, 2.75) is 0 Å². The number of benzene rings is 2. The summed E-state index contributed by atoms with van der Waals surface area (Å²) >= 11 is 0. The lowest BCUT2D eigenvalue weighted by Gasteiger charge is -2.04. The quantitative estimate of drug-likeness (QED) is 0.739. The molecule has 0 saturated carbocycles. The zero-order valence-electron chi connectivity index (χ0n) is 12.3. The summed E-state index contributed by atoms with van der Waals surface area (Å²) < 4.78 is 25.0. The SMILES string of the molecule is COc1ccc(-c2cn(C(=O)Oc3ccccc3)cn2)cc1F. The first-order valence-electron chi connectivity index (χ1n) is 6.82. The standard InChI is InChI=1S/C17H13FN2O3/c1-22-16-8-7-12(9-14(16)18)15-10-20(11-19-15)17(21)23-13-5-3-2-4-6-13/h2-11H,1H3. The van der Waals surface area contributed by atoms with Crippen LogP contribution >= 0.6 is 0 Å². The molecule has 0 spiro atoms. The van der Waals surface area contributed by atoms with E-state index in [1.54, 1.807) is 30.3 Å². The summed E-state index contributed by atoms with van der Waals surface area (Å²) in [6.07, 6.45) is 2.21. The van der Waals surface area contributed by atoms with E-state index in [9.17, 15) is 9.18 Å². The Bertz CT molecular complexity index is 831. The van der Waals surface area contributed by atoms with E-state index in [0.717, 1.165) is 0 Å². The second kappa shape index (κ2) is 6.31. The number of aromatic nitrogens is 2. The topological polar surface area (TPSA) is 53.4 Å². The largest absolute Gasteiger partial charge is 0.494 e. The summed E-state index contributed by atoms with van der Waals surface area (Å²) in [6.45, 7) is 0. The van der Waals surface area contributed by atoms with E-state index < -0.39 is 11.9 Å². The van der Waals surface area contributed by atoms with Gasteiger partial charge < -0.3 is 9.47 Å². The van der Waals surface area contributed by atoms with Crippen LogP contribution in [0.4, 0.5) is 9.18 Å². The van der Waals surface area contributed by atoms with Crippen molar-refractivity contribution in [2.24, 2.45) is 0 Å². The number of hydrogen-bond donors (Lipinski definition) is 0. The van der Waals surface area contributed by atoms with Gasteiger partial charge in [0.05, 0.1) is 12.8 Å². The monoisotopic (exact) mass is 312 g/mol. The molecule has 6 heteroatoms. The van der Waals surface area contributed by atoms with Crippen molar-refractivity contribution in [3.05, 3.63) is 66.9 Å². The molecule has 23 heavy (non-hydrogen) atoms. The van der Waals surface area contributed by atoms with E-state index in [1.807, 2.05) is 6.07 Å². The van der Waals surface area contributed by atoms with Gasteiger partial charge in [0.15, 0.2) is 11.6 Å². The number of hydrogen-bond acceptors (Lipinski definition) is 4. The van der Waals surface area contributed by atoms with Crippen molar-refractivity contribution in [2.75, 3.05) is 7.11 Å². The van der Waals surface area contributed by atoms with Gasteiger partial charge in [-0.1, -0.05) is 18.2 Å². The van der Waals surface area contributed by atoms with Gasteiger partial charge in [0, 0.05) is 11.8 Å². The highest BCUT2D eigenvalue weighted by Gasteiger charge is 2.12. The van der Waals surface area contributed by atoms with Crippen LogP contribution in [0.25, 0.3) is 11.3 Å². The van der Waals surface area contributed by atoms with Gasteiger partial charge >= 0.3 is 6.09 Å². The number of ether oxygens (including phenoxy) is 2. The Balaban J connectivity index is 1.80. The molecule has 0 N–H and O–H groups in total. The Morgan fingerprint density at radius 2 is 1.96 bits per heavy atom. The molecule has 1 heterocycles. The Kier molecular flexibility index (Phi) is 4.05. The molecule has 0 amide bonds. The molecule has 0 saturated heterocycles. The molecule has 1 aromatic heterocycles. The minimum absolute atomic E-state index is 0.150. The van der Waals surface area contributed by atoms with Crippen LogP contribution in [0, 0.1) is 5.82 Å². The molecule has 0 aliphatic heterocycles. The molecule has 0 aliphatic carbocycles. The first-order valence-corrected chi connectivity index (χ1v) is 6.82. The van der Waals surface area contributed by atoms with Gasteiger partial charge in [-0.05, 0) is 30.3 Å². The molecule has 0 atom stereocenters. The van der Waals surface area contributed by atoms with Crippen molar-refractivity contribution >= 4 is 6.09 Å². The predicted octanol–water partition coefficient (Wildman–Crippen LogP) is 3.74. The molecule has 3 aromatic rings. The highest BCUT2D eigenvalue weighted by molar-refractivity contribution is 5.74. The smallest absolute Gasteiger partial charge is 0.424 e. The zero-order chi connectivity index (χ0) is 16.2. The summed E-state index contributed by atoms with van der Waals surface area (Å²) in [5, 5.41) is 0. The first kappa shape index (κ1) is 14.8. The van der Waals surface area contributed by atoms with Gasteiger partial charge in [0.1, 0.15) is 12.1 Å². The van der Waals surface area contributed by atoms with Crippen LogP contribution in [0.5, 0.6) is 11.5 Å². The van der Waals surface area contributed by atoms with Crippen LogP contribution in [0.3, 0.4) is 0 Å². The van der Waals surface area contributed by atoms with Crippen molar-refractivity contribution in [3.8, 4) is 22.8 Å². The third kappa shape index (κ3) is 3.21. The highest BCUT2D eigenvalue weighted by Crippen LogP contribution is 2.24. The first-order chi connectivity index (χ1) is 11.2. The van der Waals surface area contributed by atoms with Crippen LogP contribution in [-0.4, -0.2) is 22.8 Å². The molecule has 116 valence electrons. The molecule has 0 bridgehead atoms. The normalized spacial score (nSPS) is 10.3. The Labute approximate surface area is 131 Å². The van der Waals surface area contributed by atoms with E-state index in [1.165, 1.54) is 36.3 Å². The van der Waals surface area contributed by atoms with Crippen molar-refractivity contribution in [1.82, 2.24) is 9.55 Å². The summed E-state index contributed by atoms with van der Waals surface area (Å²) in [7, 11) is 1.40. The van der Waals surface area contributed by atoms with Crippen LogP contribution in [0.1, 0.15) is 0 Å². The van der Waals surface area contributed by atoms with Gasteiger partial charge in [0.25, 0.3) is 0 Å². The number of carbonyl (C=O) groups is 1. The third-order valence-electron chi connectivity index (χ3n) is 3.19. The highest BCUT2D eigenvalue weighted by atomic mass is 19.1. The fourth-order valence-corrected chi connectivity index (χ4v) is 2.04. The lowest BCUT2D eigenvalue weighted by molar-refractivity contribution is 0.202. The van der Waals surface area contributed by atoms with Crippen LogP contribution in [0.2, 0.25) is 0 Å².